The molecule has 0 bridgehead atoms. The van der Waals surface area contributed by atoms with Crippen LogP contribution in [0, 0.1) is 18.8 Å². The van der Waals surface area contributed by atoms with E-state index in [1.807, 2.05) is 45.0 Å². The summed E-state index contributed by atoms with van der Waals surface area (Å²) in [6.45, 7) is 5.87. The van der Waals surface area contributed by atoms with E-state index in [0.29, 0.717) is 18.5 Å². The van der Waals surface area contributed by atoms with E-state index in [9.17, 15) is 14.7 Å². The lowest BCUT2D eigenvalue weighted by Gasteiger charge is -2.29. The van der Waals surface area contributed by atoms with Crippen molar-refractivity contribution < 1.29 is 14.7 Å². The number of anilines is 1. The van der Waals surface area contributed by atoms with Gasteiger partial charge in [-0.25, -0.2) is 0 Å². The lowest BCUT2D eigenvalue weighted by atomic mass is 9.76. The van der Waals surface area contributed by atoms with E-state index in [0.717, 1.165) is 16.7 Å². The zero-order valence-electron chi connectivity index (χ0n) is 12.6. The van der Waals surface area contributed by atoms with Crippen molar-refractivity contribution in [1.82, 2.24) is 0 Å². The Morgan fingerprint density at radius 2 is 1.71 bits per heavy atom. The summed E-state index contributed by atoms with van der Waals surface area (Å²) >= 11 is 0. The molecule has 2 rings (SSSR count). The highest BCUT2D eigenvalue weighted by atomic mass is 16.4. The molecule has 0 aromatic heterocycles. The highest BCUT2D eigenvalue weighted by molar-refractivity contribution is 5.95. The van der Waals surface area contributed by atoms with Crippen LogP contribution < -0.4 is 5.32 Å². The summed E-state index contributed by atoms with van der Waals surface area (Å²) in [5, 5.41) is 12.2. The summed E-state index contributed by atoms with van der Waals surface area (Å²) < 4.78 is 0. The maximum atomic E-state index is 12.4. The highest BCUT2D eigenvalue weighted by Crippen LogP contribution is 2.35. The molecule has 0 saturated heterocycles. The van der Waals surface area contributed by atoms with Gasteiger partial charge in [0.1, 0.15) is 0 Å². The second kappa shape index (κ2) is 6.12. The summed E-state index contributed by atoms with van der Waals surface area (Å²) in [5.74, 6) is -2.25. The van der Waals surface area contributed by atoms with E-state index in [4.69, 9.17) is 0 Å². The topological polar surface area (TPSA) is 66.4 Å². The minimum Gasteiger partial charge on any atom is -0.481 e. The van der Waals surface area contributed by atoms with Crippen LogP contribution in [0.25, 0.3) is 0 Å². The number of carbonyl (C=O) groups is 2. The fourth-order valence-corrected chi connectivity index (χ4v) is 2.79. The molecule has 0 aliphatic heterocycles. The average Bonchev–Trinajstić information content (AvgIpc) is 2.41. The van der Waals surface area contributed by atoms with Gasteiger partial charge in [-0.1, -0.05) is 23.3 Å². The second-order valence-corrected chi connectivity index (χ2v) is 5.88. The Morgan fingerprint density at radius 3 is 2.29 bits per heavy atom. The van der Waals surface area contributed by atoms with Gasteiger partial charge in [0.05, 0.1) is 11.8 Å². The number of rotatable bonds is 3. The van der Waals surface area contributed by atoms with Crippen LogP contribution in [-0.2, 0) is 9.59 Å². The van der Waals surface area contributed by atoms with Crippen molar-refractivity contribution in [3.63, 3.8) is 0 Å². The maximum absolute atomic E-state index is 12.4. The number of allylic oxidation sites excluding steroid dienone is 2. The van der Waals surface area contributed by atoms with Crippen LogP contribution in [0.1, 0.15) is 32.3 Å². The highest BCUT2D eigenvalue weighted by Gasteiger charge is 2.37. The predicted octanol–water partition coefficient (Wildman–Crippen LogP) is 3.38. The third-order valence-electron chi connectivity index (χ3n) is 4.21. The van der Waals surface area contributed by atoms with Crippen LogP contribution in [0.5, 0.6) is 0 Å². The van der Waals surface area contributed by atoms with E-state index >= 15 is 0 Å². The molecule has 1 aromatic rings. The summed E-state index contributed by atoms with van der Waals surface area (Å²) in [7, 11) is 0. The number of aliphatic carboxylic acids is 1. The molecule has 4 nitrogen and oxygen atoms in total. The van der Waals surface area contributed by atoms with Crippen LogP contribution in [0.2, 0.25) is 0 Å². The first-order valence-electron chi connectivity index (χ1n) is 7.14. The second-order valence-electron chi connectivity index (χ2n) is 5.88. The molecule has 0 unspecified atom stereocenters. The minimum absolute atomic E-state index is 0.208. The molecule has 0 saturated carbocycles. The van der Waals surface area contributed by atoms with E-state index in [1.165, 1.54) is 0 Å². The number of carbonyl (C=O) groups excluding carboxylic acids is 1. The van der Waals surface area contributed by atoms with Crippen LogP contribution in [0.15, 0.2) is 35.4 Å². The average molecular weight is 287 g/mol. The van der Waals surface area contributed by atoms with Crippen molar-refractivity contribution in [2.75, 3.05) is 5.32 Å². The van der Waals surface area contributed by atoms with Crippen molar-refractivity contribution in [2.45, 2.75) is 33.6 Å². The maximum Gasteiger partial charge on any atom is 0.307 e. The molecule has 0 spiro atoms. The van der Waals surface area contributed by atoms with Gasteiger partial charge in [0.15, 0.2) is 0 Å². The Kier molecular flexibility index (Phi) is 4.46. The van der Waals surface area contributed by atoms with Gasteiger partial charge in [-0.3, -0.25) is 9.59 Å². The number of nitrogens with one attached hydrogen (secondary N) is 1. The van der Waals surface area contributed by atoms with Gasteiger partial charge in [0, 0.05) is 5.69 Å². The molecule has 112 valence electrons. The first kappa shape index (κ1) is 15.3. The van der Waals surface area contributed by atoms with E-state index in [-0.39, 0.29) is 5.91 Å². The minimum atomic E-state index is -0.897. The normalized spacial score (nSPS) is 22.0. The van der Waals surface area contributed by atoms with Gasteiger partial charge >= 0.3 is 5.97 Å². The van der Waals surface area contributed by atoms with Crippen LogP contribution >= 0.6 is 0 Å². The molecule has 0 fully saturated rings. The van der Waals surface area contributed by atoms with E-state index in [1.54, 1.807) is 0 Å². The Labute approximate surface area is 124 Å². The number of amides is 1. The van der Waals surface area contributed by atoms with E-state index < -0.39 is 17.8 Å². The number of hydrogen-bond acceptors (Lipinski definition) is 2. The van der Waals surface area contributed by atoms with Crippen LogP contribution in [0.3, 0.4) is 0 Å². The number of hydrogen-bond donors (Lipinski definition) is 2. The molecule has 21 heavy (non-hydrogen) atoms. The van der Waals surface area contributed by atoms with Crippen molar-refractivity contribution in [3.05, 3.63) is 41.0 Å². The summed E-state index contributed by atoms with van der Waals surface area (Å²) in [5.41, 5.74) is 3.98. The number of carboxylic acids is 1. The third kappa shape index (κ3) is 3.51. The molecule has 0 radical (unpaired) electrons. The molecule has 4 heteroatoms. The molecule has 0 heterocycles. The zero-order chi connectivity index (χ0) is 15.6. The van der Waals surface area contributed by atoms with Gasteiger partial charge in [0.25, 0.3) is 0 Å². The molecule has 1 aliphatic rings. The van der Waals surface area contributed by atoms with Crippen molar-refractivity contribution in [2.24, 2.45) is 11.8 Å². The Hall–Kier alpha value is -2.10. The lowest BCUT2D eigenvalue weighted by Crippen LogP contribution is -2.36. The zero-order valence-corrected chi connectivity index (χ0v) is 12.6. The molecular weight excluding hydrogens is 266 g/mol. The van der Waals surface area contributed by atoms with Crippen molar-refractivity contribution >= 4 is 17.6 Å². The van der Waals surface area contributed by atoms with Gasteiger partial charge < -0.3 is 10.4 Å². The van der Waals surface area contributed by atoms with Crippen LogP contribution in [0.4, 0.5) is 5.69 Å². The van der Waals surface area contributed by atoms with Crippen molar-refractivity contribution in [1.29, 1.82) is 0 Å². The molecule has 2 atom stereocenters. The monoisotopic (exact) mass is 287 g/mol. The van der Waals surface area contributed by atoms with Crippen LogP contribution in [-0.4, -0.2) is 17.0 Å². The fourth-order valence-electron chi connectivity index (χ4n) is 2.79. The van der Waals surface area contributed by atoms with E-state index in [2.05, 4.69) is 5.32 Å². The van der Waals surface area contributed by atoms with Gasteiger partial charge in [-0.2, -0.15) is 0 Å². The molecule has 1 amide bonds. The summed E-state index contributed by atoms with van der Waals surface area (Å²) in [6.07, 6.45) is 0.966. The summed E-state index contributed by atoms with van der Waals surface area (Å²) in [6, 6.07) is 7.52. The quantitative estimate of drug-likeness (QED) is 0.837. The number of aryl methyl sites for hydroxylation is 1. The summed E-state index contributed by atoms with van der Waals surface area (Å²) in [4.78, 5) is 23.9. The first-order chi connectivity index (χ1) is 9.88. The Bertz CT molecular complexity index is 604. The Morgan fingerprint density at radius 1 is 1.10 bits per heavy atom. The predicted molar refractivity (Wildman–Crippen MR) is 82.0 cm³/mol. The molecule has 2 N–H and O–H groups in total. The van der Waals surface area contributed by atoms with Crippen molar-refractivity contribution in [3.8, 4) is 0 Å². The standard InChI is InChI=1S/C17H21NO3/c1-10-5-4-6-13(7-10)18-16(19)14-8-11(2)12(3)9-15(14)17(20)21/h4-7,14-15H,8-9H2,1-3H3,(H,18,19)(H,20,21)/t14-,15+/m0/s1. The lowest BCUT2D eigenvalue weighted by molar-refractivity contribution is -0.146. The fraction of sp³-hybridized carbons (Fsp3) is 0.412. The molecule has 1 aliphatic carbocycles. The van der Waals surface area contributed by atoms with Gasteiger partial charge in [-0.05, 0) is 51.3 Å². The third-order valence-corrected chi connectivity index (χ3v) is 4.21. The smallest absolute Gasteiger partial charge is 0.307 e. The largest absolute Gasteiger partial charge is 0.481 e. The molecular formula is C17H21NO3. The SMILES string of the molecule is CC1=C(C)C[C@@H](C(=O)O)[C@@H](C(=O)Nc2cccc(C)c2)C1. The Balaban J connectivity index is 2.18. The van der Waals surface area contributed by atoms with Gasteiger partial charge in [-0.15, -0.1) is 0 Å². The van der Waals surface area contributed by atoms with Gasteiger partial charge in [0.2, 0.25) is 5.91 Å². The first-order valence-corrected chi connectivity index (χ1v) is 7.14. The number of benzene rings is 1. The molecule has 1 aromatic carbocycles. The number of carboxylic acid groups (broad SMARTS) is 1.